The third kappa shape index (κ3) is 9.79. The van der Waals surface area contributed by atoms with Gasteiger partial charge in [0.1, 0.15) is 11.6 Å². The zero-order chi connectivity index (χ0) is 23.8. The number of carboxylic acid groups (broad SMARTS) is 2. The van der Waals surface area contributed by atoms with Crippen LogP contribution in [0.2, 0.25) is 0 Å². The van der Waals surface area contributed by atoms with Gasteiger partial charge in [-0.1, -0.05) is 17.7 Å². The lowest BCUT2D eigenvalue weighted by molar-refractivity contribution is -0.144. The van der Waals surface area contributed by atoms with E-state index in [1.54, 1.807) is 32.9 Å². The fourth-order valence-electron chi connectivity index (χ4n) is 2.57. The highest BCUT2D eigenvalue weighted by atomic mass is 32.2. The SMILES string of the molecule is Cc1ccc(S(=O)(=O)OCCC[C@H](C[C@@H](NC(=O)OC(C)(C)C)C(=O)O)C(=O)O)cc1. The van der Waals surface area contributed by atoms with E-state index < -0.39 is 52.1 Å². The molecule has 31 heavy (non-hydrogen) atoms. The molecule has 0 unspecified atom stereocenters. The molecule has 11 heteroatoms. The van der Waals surface area contributed by atoms with Gasteiger partial charge < -0.3 is 20.3 Å². The summed E-state index contributed by atoms with van der Waals surface area (Å²) in [5.74, 6) is -3.81. The van der Waals surface area contributed by atoms with Crippen molar-refractivity contribution in [2.24, 2.45) is 5.92 Å². The Balaban J connectivity index is 2.64. The lowest BCUT2D eigenvalue weighted by Gasteiger charge is -2.23. The average molecular weight is 460 g/mol. The number of carbonyl (C=O) groups is 3. The van der Waals surface area contributed by atoms with Crippen LogP contribution in [0.3, 0.4) is 0 Å². The number of aliphatic carboxylic acids is 2. The van der Waals surface area contributed by atoms with Gasteiger partial charge in [0.15, 0.2) is 0 Å². The summed E-state index contributed by atoms with van der Waals surface area (Å²) >= 11 is 0. The molecule has 0 heterocycles. The molecule has 1 amide bonds. The zero-order valence-corrected chi connectivity index (χ0v) is 18.8. The maximum absolute atomic E-state index is 12.1. The average Bonchev–Trinajstić information content (AvgIpc) is 2.61. The van der Waals surface area contributed by atoms with Crippen molar-refractivity contribution in [3.63, 3.8) is 0 Å². The van der Waals surface area contributed by atoms with Crippen LogP contribution in [0.25, 0.3) is 0 Å². The second kappa shape index (κ2) is 11.1. The Morgan fingerprint density at radius 1 is 1.06 bits per heavy atom. The summed E-state index contributed by atoms with van der Waals surface area (Å²) in [7, 11) is -3.98. The van der Waals surface area contributed by atoms with Crippen LogP contribution in [0.5, 0.6) is 0 Å². The first kappa shape index (κ1) is 26.4. The van der Waals surface area contributed by atoms with Gasteiger partial charge in [0.25, 0.3) is 10.1 Å². The van der Waals surface area contributed by atoms with Crippen molar-refractivity contribution in [3.05, 3.63) is 29.8 Å². The molecule has 1 aromatic rings. The molecular weight excluding hydrogens is 430 g/mol. The van der Waals surface area contributed by atoms with Crippen LogP contribution >= 0.6 is 0 Å². The van der Waals surface area contributed by atoms with Gasteiger partial charge in [-0.3, -0.25) is 8.98 Å². The van der Waals surface area contributed by atoms with Crippen LogP contribution < -0.4 is 5.32 Å². The standard InChI is InChI=1S/C20H29NO9S/c1-13-7-9-15(10-8-13)31(27,28)29-11-5-6-14(17(22)23)12-16(18(24)25)21-19(26)30-20(2,3)4/h7-10,14,16H,5-6,11-12H2,1-4H3,(H,21,26)(H,22,23)(H,24,25)/t14-,16-/m1/s1. The summed E-state index contributed by atoms with van der Waals surface area (Å²) in [6.45, 7) is 6.36. The second-order valence-corrected chi connectivity index (χ2v) is 9.65. The molecule has 0 radical (unpaired) electrons. The molecular formula is C20H29NO9S. The number of alkyl carbamates (subject to hydrolysis) is 1. The lowest BCUT2D eigenvalue weighted by atomic mass is 9.95. The van der Waals surface area contributed by atoms with Gasteiger partial charge in [-0.25, -0.2) is 9.59 Å². The number of hydrogen-bond donors (Lipinski definition) is 3. The van der Waals surface area contributed by atoms with Crippen molar-refractivity contribution < 1.29 is 41.9 Å². The summed E-state index contributed by atoms with van der Waals surface area (Å²) in [5, 5.41) is 20.8. The van der Waals surface area contributed by atoms with Crippen molar-refractivity contribution in [1.29, 1.82) is 0 Å². The molecule has 0 aromatic heterocycles. The molecule has 0 saturated carbocycles. The molecule has 0 fully saturated rings. The Labute approximate surface area is 181 Å². The summed E-state index contributed by atoms with van der Waals surface area (Å²) in [5.41, 5.74) is 0.0378. The molecule has 0 bridgehead atoms. The highest BCUT2D eigenvalue weighted by Crippen LogP contribution is 2.18. The molecule has 174 valence electrons. The number of hydrogen-bond acceptors (Lipinski definition) is 7. The number of carboxylic acids is 2. The monoisotopic (exact) mass is 459 g/mol. The number of rotatable bonds is 11. The van der Waals surface area contributed by atoms with Crippen molar-refractivity contribution in [1.82, 2.24) is 5.32 Å². The molecule has 0 spiro atoms. The van der Waals surface area contributed by atoms with Gasteiger partial charge >= 0.3 is 18.0 Å². The van der Waals surface area contributed by atoms with E-state index in [-0.39, 0.29) is 24.3 Å². The van der Waals surface area contributed by atoms with Gasteiger partial charge in [0.2, 0.25) is 0 Å². The largest absolute Gasteiger partial charge is 0.481 e. The molecule has 0 saturated heterocycles. The minimum atomic E-state index is -3.98. The molecule has 0 aliphatic carbocycles. The van der Waals surface area contributed by atoms with Crippen molar-refractivity contribution in [2.75, 3.05) is 6.61 Å². The van der Waals surface area contributed by atoms with E-state index in [0.717, 1.165) is 5.56 Å². The fraction of sp³-hybridized carbons (Fsp3) is 0.550. The first-order chi connectivity index (χ1) is 14.2. The highest BCUT2D eigenvalue weighted by molar-refractivity contribution is 7.86. The predicted octanol–water partition coefficient (Wildman–Crippen LogP) is 2.55. The number of benzene rings is 1. The van der Waals surface area contributed by atoms with Crippen molar-refractivity contribution in [3.8, 4) is 0 Å². The smallest absolute Gasteiger partial charge is 0.408 e. The van der Waals surface area contributed by atoms with Gasteiger partial charge in [0.05, 0.1) is 17.4 Å². The first-order valence-electron chi connectivity index (χ1n) is 9.62. The van der Waals surface area contributed by atoms with Crippen LogP contribution in [0, 0.1) is 12.8 Å². The fourth-order valence-corrected chi connectivity index (χ4v) is 3.51. The summed E-state index contributed by atoms with van der Waals surface area (Å²) < 4.78 is 34.2. The zero-order valence-electron chi connectivity index (χ0n) is 18.0. The molecule has 3 N–H and O–H groups in total. The third-order valence-electron chi connectivity index (χ3n) is 4.10. The number of carbonyl (C=O) groups excluding carboxylic acids is 1. The Hall–Kier alpha value is -2.66. The van der Waals surface area contributed by atoms with Crippen LogP contribution in [0.15, 0.2) is 29.2 Å². The maximum atomic E-state index is 12.1. The number of nitrogens with one attached hydrogen (secondary N) is 1. The van der Waals surface area contributed by atoms with E-state index in [1.807, 2.05) is 6.92 Å². The minimum Gasteiger partial charge on any atom is -0.481 e. The van der Waals surface area contributed by atoms with Gasteiger partial charge in [-0.15, -0.1) is 0 Å². The lowest BCUT2D eigenvalue weighted by Crippen LogP contribution is -2.45. The Morgan fingerprint density at radius 3 is 2.13 bits per heavy atom. The van der Waals surface area contributed by atoms with Crippen molar-refractivity contribution in [2.45, 2.75) is 63.5 Å². The van der Waals surface area contributed by atoms with E-state index in [2.05, 4.69) is 5.32 Å². The normalized spacial score (nSPS) is 13.8. The molecule has 10 nitrogen and oxygen atoms in total. The van der Waals surface area contributed by atoms with Gasteiger partial charge in [0, 0.05) is 0 Å². The summed E-state index contributed by atoms with van der Waals surface area (Å²) in [4.78, 5) is 34.8. The predicted molar refractivity (Wildman–Crippen MR) is 110 cm³/mol. The molecule has 0 aliphatic heterocycles. The third-order valence-corrected chi connectivity index (χ3v) is 5.43. The molecule has 1 aromatic carbocycles. The van der Waals surface area contributed by atoms with E-state index in [0.29, 0.717) is 0 Å². The number of ether oxygens (including phenoxy) is 1. The quantitative estimate of drug-likeness (QED) is 0.334. The summed E-state index contributed by atoms with van der Waals surface area (Å²) in [6, 6.07) is 4.59. The topological polar surface area (TPSA) is 156 Å². The van der Waals surface area contributed by atoms with Crippen LogP contribution in [0.4, 0.5) is 4.79 Å². The van der Waals surface area contributed by atoms with Gasteiger partial charge in [-0.05, 0) is 59.1 Å². The number of amides is 1. The number of aryl methyl sites for hydroxylation is 1. The Bertz CT molecular complexity index is 873. The molecule has 2 atom stereocenters. The molecule has 1 rings (SSSR count). The Kier molecular flexibility index (Phi) is 9.44. The maximum Gasteiger partial charge on any atom is 0.408 e. The molecule has 0 aliphatic rings. The minimum absolute atomic E-state index is 0.0135. The van der Waals surface area contributed by atoms with E-state index in [1.165, 1.54) is 12.1 Å². The van der Waals surface area contributed by atoms with Crippen LogP contribution in [-0.2, 0) is 28.6 Å². The summed E-state index contributed by atoms with van der Waals surface area (Å²) in [6.07, 6.45) is -1.36. The van der Waals surface area contributed by atoms with Crippen molar-refractivity contribution >= 4 is 28.1 Å². The second-order valence-electron chi connectivity index (χ2n) is 8.04. The van der Waals surface area contributed by atoms with Crippen LogP contribution in [-0.4, -0.2) is 54.9 Å². The van der Waals surface area contributed by atoms with E-state index in [4.69, 9.17) is 8.92 Å². The first-order valence-corrected chi connectivity index (χ1v) is 11.0. The van der Waals surface area contributed by atoms with E-state index in [9.17, 15) is 33.0 Å². The highest BCUT2D eigenvalue weighted by Gasteiger charge is 2.30. The van der Waals surface area contributed by atoms with E-state index >= 15 is 0 Å². The Morgan fingerprint density at radius 2 is 1.65 bits per heavy atom. The van der Waals surface area contributed by atoms with Crippen LogP contribution in [0.1, 0.15) is 45.6 Å². The van der Waals surface area contributed by atoms with Gasteiger partial charge in [-0.2, -0.15) is 8.42 Å².